The standard InChI is InChI=1S/C22H36O9S/c1-2-3-4-5-6-7-8-9-12-16-13-10-11-14-17(16)30-32(27,28)31-22-21(26)20(25)19(24)18(15-23)29-22/h10-11,13-14,18-26H,2-9,12,15H2,1H3/t18-,19+,20+,21-,22+/m1/s1. The van der Waals surface area contributed by atoms with Crippen molar-refractivity contribution in [3.8, 4) is 5.75 Å². The summed E-state index contributed by atoms with van der Waals surface area (Å²) < 4.78 is 39.8. The van der Waals surface area contributed by atoms with E-state index in [1.54, 1.807) is 18.2 Å². The van der Waals surface area contributed by atoms with Crippen LogP contribution in [0.4, 0.5) is 0 Å². The third kappa shape index (κ3) is 8.26. The fourth-order valence-electron chi connectivity index (χ4n) is 3.63. The highest BCUT2D eigenvalue weighted by Gasteiger charge is 2.46. The van der Waals surface area contributed by atoms with Gasteiger partial charge in [0.1, 0.15) is 30.2 Å². The van der Waals surface area contributed by atoms with Crippen LogP contribution >= 0.6 is 0 Å². The topological polar surface area (TPSA) is 143 Å². The van der Waals surface area contributed by atoms with Crippen molar-refractivity contribution < 1.29 is 41.9 Å². The first kappa shape index (κ1) is 27.0. The highest BCUT2D eigenvalue weighted by molar-refractivity contribution is 7.82. The van der Waals surface area contributed by atoms with Crippen LogP contribution in [0.25, 0.3) is 0 Å². The maximum atomic E-state index is 12.4. The van der Waals surface area contributed by atoms with E-state index in [2.05, 4.69) is 6.92 Å². The number of hydrogen-bond acceptors (Lipinski definition) is 9. The molecule has 1 saturated heterocycles. The molecule has 4 N–H and O–H groups in total. The van der Waals surface area contributed by atoms with Crippen molar-refractivity contribution in [1.29, 1.82) is 0 Å². The molecular weight excluding hydrogens is 440 g/mol. The van der Waals surface area contributed by atoms with E-state index in [0.29, 0.717) is 12.0 Å². The van der Waals surface area contributed by atoms with Gasteiger partial charge >= 0.3 is 10.4 Å². The van der Waals surface area contributed by atoms with Crippen molar-refractivity contribution in [1.82, 2.24) is 0 Å². The maximum Gasteiger partial charge on any atom is 0.451 e. The van der Waals surface area contributed by atoms with Gasteiger partial charge in [0.2, 0.25) is 6.29 Å². The first-order chi connectivity index (χ1) is 15.3. The average Bonchev–Trinajstić information content (AvgIpc) is 2.76. The largest absolute Gasteiger partial charge is 0.451 e. The minimum absolute atomic E-state index is 0.111. The molecule has 1 aliphatic rings. The number of ether oxygens (including phenoxy) is 1. The average molecular weight is 477 g/mol. The van der Waals surface area contributed by atoms with E-state index in [1.807, 2.05) is 0 Å². The lowest BCUT2D eigenvalue weighted by Crippen LogP contribution is -2.59. The molecule has 0 unspecified atom stereocenters. The number of aliphatic hydroxyl groups is 4. The van der Waals surface area contributed by atoms with E-state index in [-0.39, 0.29) is 5.75 Å². The molecule has 0 aliphatic carbocycles. The molecular formula is C22H36O9S. The molecule has 10 heteroatoms. The van der Waals surface area contributed by atoms with Crippen molar-refractivity contribution in [3.05, 3.63) is 29.8 Å². The molecule has 0 spiro atoms. The Morgan fingerprint density at radius 2 is 1.53 bits per heavy atom. The highest BCUT2D eigenvalue weighted by Crippen LogP contribution is 2.26. The summed E-state index contributed by atoms with van der Waals surface area (Å²) in [5.41, 5.74) is 0.708. The van der Waals surface area contributed by atoms with Crippen LogP contribution < -0.4 is 4.18 Å². The summed E-state index contributed by atoms with van der Waals surface area (Å²) in [4.78, 5) is 0. The van der Waals surface area contributed by atoms with Gasteiger partial charge in [-0.3, -0.25) is 0 Å². The van der Waals surface area contributed by atoms with E-state index < -0.39 is 47.7 Å². The van der Waals surface area contributed by atoms with Crippen LogP contribution in [0.3, 0.4) is 0 Å². The zero-order chi connectivity index (χ0) is 23.6. The SMILES string of the molecule is CCCCCCCCCCc1ccccc1OS(=O)(=O)O[C@@H]1O[C@H](CO)[C@H](O)[C@H](O)[C@H]1O. The quantitative estimate of drug-likeness (QED) is 0.296. The van der Waals surface area contributed by atoms with Gasteiger partial charge in [0, 0.05) is 0 Å². The predicted molar refractivity (Wildman–Crippen MR) is 117 cm³/mol. The van der Waals surface area contributed by atoms with Crippen molar-refractivity contribution in [3.63, 3.8) is 0 Å². The van der Waals surface area contributed by atoms with Gasteiger partial charge in [-0.25, -0.2) is 4.18 Å². The Balaban J connectivity index is 1.90. The van der Waals surface area contributed by atoms with Gasteiger partial charge in [0.05, 0.1) is 6.61 Å². The van der Waals surface area contributed by atoms with Gasteiger partial charge < -0.3 is 29.3 Å². The molecule has 1 fully saturated rings. The monoisotopic (exact) mass is 476 g/mol. The second-order valence-corrected chi connectivity index (χ2v) is 9.29. The summed E-state index contributed by atoms with van der Waals surface area (Å²) >= 11 is 0. The molecule has 0 aromatic heterocycles. The summed E-state index contributed by atoms with van der Waals surface area (Å²) in [6.07, 6.45) is 1.53. The highest BCUT2D eigenvalue weighted by atomic mass is 32.3. The Labute approximate surface area is 190 Å². The third-order valence-corrected chi connectivity index (χ3v) is 6.33. The molecule has 32 heavy (non-hydrogen) atoms. The van der Waals surface area contributed by atoms with Crippen molar-refractivity contribution >= 4 is 10.4 Å². The van der Waals surface area contributed by atoms with Gasteiger partial charge in [0.25, 0.3) is 0 Å². The van der Waals surface area contributed by atoms with Crippen molar-refractivity contribution in [2.45, 2.75) is 95.4 Å². The van der Waals surface area contributed by atoms with E-state index in [1.165, 1.54) is 38.2 Å². The molecule has 0 saturated carbocycles. The Bertz CT molecular complexity index is 768. The molecule has 9 nitrogen and oxygen atoms in total. The van der Waals surface area contributed by atoms with E-state index in [4.69, 9.17) is 13.1 Å². The lowest BCUT2D eigenvalue weighted by molar-refractivity contribution is -0.277. The predicted octanol–water partition coefficient (Wildman–Crippen LogP) is 1.81. The first-order valence-electron chi connectivity index (χ1n) is 11.3. The Hall–Kier alpha value is -1.27. The number of para-hydroxylation sites is 1. The van der Waals surface area contributed by atoms with Gasteiger partial charge in [-0.1, -0.05) is 70.1 Å². The normalized spacial score (nSPS) is 26.2. The molecule has 0 radical (unpaired) electrons. The molecule has 184 valence electrons. The van der Waals surface area contributed by atoms with Gasteiger partial charge in [-0.15, -0.1) is 0 Å². The molecule has 5 atom stereocenters. The lowest BCUT2D eigenvalue weighted by atomic mass is 10.00. The van der Waals surface area contributed by atoms with Crippen LogP contribution in [-0.2, 0) is 25.7 Å². The Kier molecular flexibility index (Phi) is 11.3. The van der Waals surface area contributed by atoms with Gasteiger partial charge in [0.15, 0.2) is 0 Å². The number of rotatable bonds is 14. The van der Waals surface area contributed by atoms with Crippen molar-refractivity contribution in [2.24, 2.45) is 0 Å². The fraction of sp³-hybridized carbons (Fsp3) is 0.727. The minimum Gasteiger partial charge on any atom is -0.394 e. The number of unbranched alkanes of at least 4 members (excludes halogenated alkanes) is 7. The first-order valence-corrected chi connectivity index (χ1v) is 12.6. The zero-order valence-corrected chi connectivity index (χ0v) is 19.3. The summed E-state index contributed by atoms with van der Waals surface area (Å²) in [7, 11) is -4.67. The number of hydrogen-bond donors (Lipinski definition) is 4. The number of aliphatic hydroxyl groups excluding tert-OH is 4. The van der Waals surface area contributed by atoms with E-state index in [0.717, 1.165) is 19.3 Å². The van der Waals surface area contributed by atoms with Crippen molar-refractivity contribution in [2.75, 3.05) is 6.61 Å². The minimum atomic E-state index is -4.67. The molecule has 1 heterocycles. The summed E-state index contributed by atoms with van der Waals surface area (Å²) in [5, 5.41) is 38.8. The molecule has 1 aromatic rings. The summed E-state index contributed by atoms with van der Waals surface area (Å²) in [5.74, 6) is 0.111. The second kappa shape index (κ2) is 13.4. The van der Waals surface area contributed by atoms with Gasteiger partial charge in [-0.05, 0) is 24.5 Å². The molecule has 1 aliphatic heterocycles. The van der Waals surface area contributed by atoms with Crippen LogP contribution in [0.15, 0.2) is 24.3 Å². The van der Waals surface area contributed by atoms with Crippen LogP contribution in [0, 0.1) is 0 Å². The smallest absolute Gasteiger partial charge is 0.394 e. The van der Waals surface area contributed by atoms with Crippen LogP contribution in [-0.4, -0.2) is 66.2 Å². The Morgan fingerprint density at radius 1 is 0.906 bits per heavy atom. The lowest BCUT2D eigenvalue weighted by Gasteiger charge is -2.38. The Morgan fingerprint density at radius 3 is 2.19 bits per heavy atom. The summed E-state index contributed by atoms with van der Waals surface area (Å²) in [6.45, 7) is 1.49. The van der Waals surface area contributed by atoms with Crippen LogP contribution in [0.2, 0.25) is 0 Å². The third-order valence-electron chi connectivity index (χ3n) is 5.53. The number of aryl methyl sites for hydroxylation is 1. The van der Waals surface area contributed by atoms with Crippen LogP contribution in [0.1, 0.15) is 63.9 Å². The maximum absolute atomic E-state index is 12.4. The molecule has 2 rings (SSSR count). The molecule has 0 amide bonds. The zero-order valence-electron chi connectivity index (χ0n) is 18.5. The second-order valence-electron chi connectivity index (χ2n) is 8.12. The van der Waals surface area contributed by atoms with E-state index >= 15 is 0 Å². The molecule has 1 aromatic carbocycles. The fourth-order valence-corrected chi connectivity index (χ4v) is 4.45. The van der Waals surface area contributed by atoms with E-state index in [9.17, 15) is 28.8 Å². The van der Waals surface area contributed by atoms with Gasteiger partial charge in [-0.2, -0.15) is 8.42 Å². The number of benzene rings is 1. The molecule has 0 bridgehead atoms. The van der Waals surface area contributed by atoms with Crippen LogP contribution in [0.5, 0.6) is 5.75 Å². The summed E-state index contributed by atoms with van der Waals surface area (Å²) in [6, 6.07) is 6.71.